The van der Waals surface area contributed by atoms with Gasteiger partial charge in [0.2, 0.25) is 0 Å². The van der Waals surface area contributed by atoms with Crippen molar-refractivity contribution in [2.24, 2.45) is 0 Å². The van der Waals surface area contributed by atoms with Crippen molar-refractivity contribution in [3.05, 3.63) is 0 Å². The van der Waals surface area contributed by atoms with Crippen LogP contribution in [0.15, 0.2) is 0 Å². The molecule has 1 atom stereocenters. The molecule has 1 unspecified atom stereocenters. The number of aliphatic hydroxyl groups excluding tert-OH is 1. The maximum Gasteiger partial charge on any atom is 0.0897 e. The van der Waals surface area contributed by atoms with Crippen LogP contribution in [0.4, 0.5) is 0 Å². The minimum absolute atomic E-state index is 0.397. The van der Waals surface area contributed by atoms with E-state index in [0.717, 1.165) is 52.4 Å². The summed E-state index contributed by atoms with van der Waals surface area (Å²) in [7, 11) is 0. The average molecular weight is 288 g/mol. The Bertz CT molecular complexity index is 211. The van der Waals surface area contributed by atoms with E-state index in [1.54, 1.807) is 0 Å². The number of ether oxygens (including phenoxy) is 2. The molecule has 0 saturated carbocycles. The molecule has 1 saturated heterocycles. The molecule has 0 aromatic carbocycles. The van der Waals surface area contributed by atoms with Crippen LogP contribution in [0.1, 0.15) is 32.6 Å². The molecular weight excluding hydrogens is 256 g/mol. The first-order chi connectivity index (χ1) is 9.83. The second kappa shape index (κ2) is 12.5. The lowest BCUT2D eigenvalue weighted by atomic mass is 10.2. The highest BCUT2D eigenvalue weighted by Gasteiger charge is 2.09. The lowest BCUT2D eigenvalue weighted by Crippen LogP contribution is -2.41. The number of nitrogens with zero attached hydrogens (tertiary/aromatic N) is 1. The van der Waals surface area contributed by atoms with Gasteiger partial charge in [-0.3, -0.25) is 4.90 Å². The van der Waals surface area contributed by atoms with E-state index in [4.69, 9.17) is 9.47 Å². The Labute approximate surface area is 123 Å². The zero-order valence-electron chi connectivity index (χ0n) is 13.0. The second-order valence-electron chi connectivity index (χ2n) is 5.45. The summed E-state index contributed by atoms with van der Waals surface area (Å²) in [5.74, 6) is 0. The molecule has 1 heterocycles. The Kier molecular flexibility index (Phi) is 11.2. The van der Waals surface area contributed by atoms with Crippen molar-refractivity contribution < 1.29 is 14.6 Å². The third-order valence-electron chi connectivity index (χ3n) is 3.54. The maximum absolute atomic E-state index is 9.77. The molecule has 120 valence electrons. The number of rotatable bonds is 12. The second-order valence-corrected chi connectivity index (χ2v) is 5.45. The van der Waals surface area contributed by atoms with E-state index in [1.807, 2.05) is 0 Å². The molecule has 2 N–H and O–H groups in total. The number of hydrogen-bond acceptors (Lipinski definition) is 5. The largest absolute Gasteiger partial charge is 0.389 e. The molecule has 1 fully saturated rings. The van der Waals surface area contributed by atoms with Gasteiger partial charge in [-0.05, 0) is 6.42 Å². The van der Waals surface area contributed by atoms with Crippen LogP contribution in [0, 0.1) is 0 Å². The fourth-order valence-corrected chi connectivity index (χ4v) is 2.24. The molecule has 0 bridgehead atoms. The Morgan fingerprint density at radius 3 is 2.80 bits per heavy atom. The normalized spacial score (nSPS) is 18.3. The number of unbranched alkanes of at least 4 members (excludes halogenated alkanes) is 3. The topological polar surface area (TPSA) is 54.0 Å². The van der Waals surface area contributed by atoms with Gasteiger partial charge in [-0.15, -0.1) is 0 Å². The minimum Gasteiger partial charge on any atom is -0.389 e. The molecule has 0 aromatic rings. The molecule has 0 aromatic heterocycles. The highest BCUT2D eigenvalue weighted by atomic mass is 16.5. The lowest BCUT2D eigenvalue weighted by Gasteiger charge is -2.26. The van der Waals surface area contributed by atoms with Crippen molar-refractivity contribution in [3.8, 4) is 0 Å². The Morgan fingerprint density at radius 2 is 2.05 bits per heavy atom. The SMILES string of the molecule is CCCCCCOCC(O)CNCCN1CCOCC1. The van der Waals surface area contributed by atoms with Crippen molar-refractivity contribution in [1.29, 1.82) is 0 Å². The molecular formula is C15H32N2O3. The van der Waals surface area contributed by atoms with Gasteiger partial charge >= 0.3 is 0 Å². The van der Waals surface area contributed by atoms with E-state index in [9.17, 15) is 5.11 Å². The number of nitrogens with one attached hydrogen (secondary N) is 1. The van der Waals surface area contributed by atoms with E-state index >= 15 is 0 Å². The lowest BCUT2D eigenvalue weighted by molar-refractivity contribution is 0.0305. The van der Waals surface area contributed by atoms with Crippen molar-refractivity contribution >= 4 is 0 Å². The fraction of sp³-hybridized carbons (Fsp3) is 1.00. The summed E-state index contributed by atoms with van der Waals surface area (Å²) in [6, 6.07) is 0. The average Bonchev–Trinajstić information content (AvgIpc) is 2.48. The van der Waals surface area contributed by atoms with Crippen molar-refractivity contribution in [1.82, 2.24) is 10.2 Å². The van der Waals surface area contributed by atoms with E-state index in [1.165, 1.54) is 19.3 Å². The third kappa shape index (κ3) is 9.66. The molecule has 20 heavy (non-hydrogen) atoms. The Morgan fingerprint density at radius 1 is 1.25 bits per heavy atom. The van der Waals surface area contributed by atoms with Gasteiger partial charge in [-0.1, -0.05) is 26.2 Å². The zero-order valence-corrected chi connectivity index (χ0v) is 13.0. The van der Waals surface area contributed by atoms with Crippen LogP contribution >= 0.6 is 0 Å². The van der Waals surface area contributed by atoms with Gasteiger partial charge in [0.05, 0.1) is 25.9 Å². The monoisotopic (exact) mass is 288 g/mol. The zero-order chi connectivity index (χ0) is 14.5. The van der Waals surface area contributed by atoms with E-state index < -0.39 is 6.10 Å². The Balaban J connectivity index is 1.83. The Hall–Kier alpha value is -0.200. The number of morpholine rings is 1. The van der Waals surface area contributed by atoms with E-state index in [2.05, 4.69) is 17.1 Å². The first-order valence-corrected chi connectivity index (χ1v) is 8.09. The van der Waals surface area contributed by atoms with Crippen molar-refractivity contribution in [2.45, 2.75) is 38.7 Å². The molecule has 1 aliphatic rings. The summed E-state index contributed by atoms with van der Waals surface area (Å²) >= 11 is 0. The number of hydrogen-bond donors (Lipinski definition) is 2. The van der Waals surface area contributed by atoms with Gasteiger partial charge in [0.15, 0.2) is 0 Å². The van der Waals surface area contributed by atoms with Crippen LogP contribution in [0.5, 0.6) is 0 Å². The van der Waals surface area contributed by atoms with Crippen LogP contribution in [-0.4, -0.2) is 75.3 Å². The van der Waals surface area contributed by atoms with E-state index in [0.29, 0.717) is 13.2 Å². The summed E-state index contributed by atoms with van der Waals surface area (Å²) in [5, 5.41) is 13.0. The first-order valence-electron chi connectivity index (χ1n) is 8.09. The first kappa shape index (κ1) is 17.9. The van der Waals surface area contributed by atoms with Crippen LogP contribution < -0.4 is 5.32 Å². The molecule has 0 spiro atoms. The van der Waals surface area contributed by atoms with Gasteiger partial charge in [-0.2, -0.15) is 0 Å². The summed E-state index contributed by atoms with van der Waals surface area (Å²) in [5.41, 5.74) is 0. The highest BCUT2D eigenvalue weighted by Crippen LogP contribution is 1.99. The predicted octanol–water partition coefficient (Wildman–Crippen LogP) is 0.866. The standard InChI is InChI=1S/C15H32N2O3/c1-2-3-4-5-10-20-14-15(18)13-16-6-7-17-8-11-19-12-9-17/h15-16,18H,2-14H2,1H3. The molecule has 1 aliphatic heterocycles. The van der Waals surface area contributed by atoms with Gasteiger partial charge in [0.1, 0.15) is 0 Å². The molecule has 0 aliphatic carbocycles. The molecule has 5 heteroatoms. The van der Waals surface area contributed by atoms with Crippen LogP contribution in [0.2, 0.25) is 0 Å². The maximum atomic E-state index is 9.77. The summed E-state index contributed by atoms with van der Waals surface area (Å²) in [4.78, 5) is 2.38. The molecule has 0 amide bonds. The molecule has 1 rings (SSSR count). The van der Waals surface area contributed by atoms with Crippen LogP contribution in [-0.2, 0) is 9.47 Å². The van der Waals surface area contributed by atoms with Crippen molar-refractivity contribution in [2.75, 3.05) is 59.2 Å². The summed E-state index contributed by atoms with van der Waals surface area (Å²) < 4.78 is 10.8. The van der Waals surface area contributed by atoms with Gasteiger partial charge in [0.25, 0.3) is 0 Å². The van der Waals surface area contributed by atoms with Crippen molar-refractivity contribution in [3.63, 3.8) is 0 Å². The van der Waals surface area contributed by atoms with Gasteiger partial charge < -0.3 is 19.9 Å². The minimum atomic E-state index is -0.397. The predicted molar refractivity (Wildman–Crippen MR) is 81.1 cm³/mol. The summed E-state index contributed by atoms with van der Waals surface area (Å²) in [6.07, 6.45) is 4.45. The quantitative estimate of drug-likeness (QED) is 0.522. The number of aliphatic hydroxyl groups is 1. The molecule has 5 nitrogen and oxygen atoms in total. The summed E-state index contributed by atoms with van der Waals surface area (Å²) in [6.45, 7) is 9.68. The van der Waals surface area contributed by atoms with E-state index in [-0.39, 0.29) is 0 Å². The highest BCUT2D eigenvalue weighted by molar-refractivity contribution is 4.65. The third-order valence-corrected chi connectivity index (χ3v) is 3.54. The smallest absolute Gasteiger partial charge is 0.0897 e. The van der Waals surface area contributed by atoms with Gasteiger partial charge in [-0.25, -0.2) is 0 Å². The van der Waals surface area contributed by atoms with Crippen LogP contribution in [0.3, 0.4) is 0 Å². The van der Waals surface area contributed by atoms with Gasteiger partial charge in [0, 0.05) is 39.3 Å². The van der Waals surface area contributed by atoms with Crippen LogP contribution in [0.25, 0.3) is 0 Å². The fourth-order valence-electron chi connectivity index (χ4n) is 2.24. The molecule has 0 radical (unpaired) electrons.